The first-order chi connectivity index (χ1) is 13.9. The van der Waals surface area contributed by atoms with E-state index in [1.54, 1.807) is 0 Å². The van der Waals surface area contributed by atoms with Crippen molar-refractivity contribution in [3.63, 3.8) is 0 Å². The molecule has 0 saturated heterocycles. The number of carbonyl (C=O) groups excluding carboxylic acids is 4. The summed E-state index contributed by atoms with van der Waals surface area (Å²) in [6.07, 6.45) is 0. The predicted octanol–water partition coefficient (Wildman–Crippen LogP) is 2.65. The fourth-order valence-corrected chi connectivity index (χ4v) is 3.07. The van der Waals surface area contributed by atoms with E-state index in [2.05, 4.69) is 0 Å². The van der Waals surface area contributed by atoms with Crippen molar-refractivity contribution in [2.75, 3.05) is 24.6 Å². The van der Waals surface area contributed by atoms with Gasteiger partial charge >= 0.3 is 5.97 Å². The van der Waals surface area contributed by atoms with Crippen molar-refractivity contribution < 1.29 is 28.3 Å². The smallest absolute Gasteiger partial charge is 0.338 e. The molecule has 1 heterocycles. The fraction of sp³-hybridized carbons (Fsp3) is 0.238. The molecule has 0 spiro atoms. The molecule has 0 unspecified atom stereocenters. The van der Waals surface area contributed by atoms with Crippen molar-refractivity contribution in [1.29, 1.82) is 0 Å². The average Bonchev–Trinajstić information content (AvgIpc) is 2.97. The van der Waals surface area contributed by atoms with E-state index in [4.69, 9.17) is 4.74 Å². The van der Waals surface area contributed by atoms with Crippen molar-refractivity contribution in [3.05, 3.63) is 65.0 Å². The zero-order chi connectivity index (χ0) is 21.1. The number of hydrogen-bond donors (Lipinski definition) is 0. The lowest BCUT2D eigenvalue weighted by molar-refractivity contribution is -0.134. The van der Waals surface area contributed by atoms with Crippen LogP contribution in [0.15, 0.2) is 42.5 Å². The van der Waals surface area contributed by atoms with Crippen LogP contribution < -0.4 is 4.90 Å². The summed E-state index contributed by atoms with van der Waals surface area (Å²) < 4.78 is 18.2. The number of hydrogen-bond acceptors (Lipinski definition) is 5. The number of benzene rings is 2. The summed E-state index contributed by atoms with van der Waals surface area (Å²) >= 11 is 0. The Hall–Kier alpha value is -3.55. The van der Waals surface area contributed by atoms with Gasteiger partial charge in [0, 0.05) is 13.1 Å². The predicted molar refractivity (Wildman–Crippen MR) is 102 cm³/mol. The van der Waals surface area contributed by atoms with E-state index in [-0.39, 0.29) is 28.3 Å². The summed E-state index contributed by atoms with van der Waals surface area (Å²) in [5, 5.41) is 0. The van der Waals surface area contributed by atoms with E-state index < -0.39 is 30.2 Å². The Kier molecular flexibility index (Phi) is 5.72. The van der Waals surface area contributed by atoms with Gasteiger partial charge < -0.3 is 9.64 Å². The van der Waals surface area contributed by atoms with Crippen LogP contribution in [0.25, 0.3) is 0 Å². The summed E-state index contributed by atoms with van der Waals surface area (Å²) in [6, 6.07) is 8.94. The SMILES string of the molecule is CCN(CC)C(=O)COC(=O)c1ccc2c(c1)C(=O)N(c1ccc(F)cc1)C2=O. The lowest BCUT2D eigenvalue weighted by Crippen LogP contribution is -2.34. The molecule has 29 heavy (non-hydrogen) atoms. The third-order valence-electron chi connectivity index (χ3n) is 4.65. The molecule has 0 atom stereocenters. The Morgan fingerprint density at radius 1 is 0.966 bits per heavy atom. The number of amides is 3. The highest BCUT2D eigenvalue weighted by molar-refractivity contribution is 6.34. The first-order valence-electron chi connectivity index (χ1n) is 9.10. The van der Waals surface area contributed by atoms with Crippen LogP contribution in [0, 0.1) is 5.82 Å². The molecule has 7 nitrogen and oxygen atoms in total. The van der Waals surface area contributed by atoms with Crippen LogP contribution in [0.4, 0.5) is 10.1 Å². The van der Waals surface area contributed by atoms with Crippen LogP contribution in [0.5, 0.6) is 0 Å². The third kappa shape index (κ3) is 3.87. The van der Waals surface area contributed by atoms with E-state index in [1.165, 1.54) is 35.2 Å². The molecule has 0 bridgehead atoms. The van der Waals surface area contributed by atoms with E-state index in [9.17, 15) is 23.6 Å². The molecule has 0 fully saturated rings. The lowest BCUT2D eigenvalue weighted by Gasteiger charge is -2.18. The summed E-state index contributed by atoms with van der Waals surface area (Å²) in [7, 11) is 0. The minimum absolute atomic E-state index is 0.0452. The summed E-state index contributed by atoms with van der Waals surface area (Å²) in [6.45, 7) is 4.23. The average molecular weight is 398 g/mol. The second-order valence-corrected chi connectivity index (χ2v) is 6.32. The molecular formula is C21H19FN2O5. The van der Waals surface area contributed by atoms with Gasteiger partial charge in [-0.1, -0.05) is 0 Å². The monoisotopic (exact) mass is 398 g/mol. The molecule has 8 heteroatoms. The van der Waals surface area contributed by atoms with Crippen LogP contribution in [-0.2, 0) is 9.53 Å². The van der Waals surface area contributed by atoms with Crippen LogP contribution in [0.1, 0.15) is 44.9 Å². The number of imide groups is 1. The third-order valence-corrected chi connectivity index (χ3v) is 4.65. The van der Waals surface area contributed by atoms with E-state index >= 15 is 0 Å². The normalized spacial score (nSPS) is 12.7. The summed E-state index contributed by atoms with van der Waals surface area (Å²) in [5.41, 5.74) is 0.462. The Balaban J connectivity index is 1.78. The first-order valence-corrected chi connectivity index (χ1v) is 9.10. The number of halogens is 1. The number of nitrogens with zero attached hydrogens (tertiary/aromatic N) is 2. The maximum atomic E-state index is 13.1. The van der Waals surface area contributed by atoms with E-state index in [0.717, 1.165) is 17.0 Å². The molecule has 3 amide bonds. The van der Waals surface area contributed by atoms with Crippen LogP contribution in [-0.4, -0.2) is 48.3 Å². The standard InChI is InChI=1S/C21H19FN2O5/c1-3-23(4-2)18(25)12-29-21(28)13-5-10-16-17(11-13)20(27)24(19(16)26)15-8-6-14(22)7-9-15/h5-11H,3-4,12H2,1-2H3. The van der Waals surface area contributed by atoms with Gasteiger partial charge in [-0.05, 0) is 56.3 Å². The molecule has 0 saturated carbocycles. The second-order valence-electron chi connectivity index (χ2n) is 6.32. The van der Waals surface area contributed by atoms with Gasteiger partial charge in [0.2, 0.25) is 0 Å². The van der Waals surface area contributed by atoms with E-state index in [0.29, 0.717) is 13.1 Å². The molecule has 1 aliphatic heterocycles. The number of carbonyl (C=O) groups is 4. The van der Waals surface area contributed by atoms with Gasteiger partial charge in [-0.3, -0.25) is 14.4 Å². The van der Waals surface area contributed by atoms with Crippen molar-refractivity contribution in [1.82, 2.24) is 4.90 Å². The number of ether oxygens (including phenoxy) is 1. The zero-order valence-electron chi connectivity index (χ0n) is 16.0. The van der Waals surface area contributed by atoms with Gasteiger partial charge in [0.1, 0.15) is 5.82 Å². The zero-order valence-corrected chi connectivity index (χ0v) is 16.0. The molecule has 0 aliphatic carbocycles. The highest BCUT2D eigenvalue weighted by atomic mass is 19.1. The van der Waals surface area contributed by atoms with Gasteiger partial charge in [0.05, 0.1) is 22.4 Å². The van der Waals surface area contributed by atoms with Crippen LogP contribution in [0.2, 0.25) is 0 Å². The highest BCUT2D eigenvalue weighted by Gasteiger charge is 2.37. The molecular weight excluding hydrogens is 379 g/mol. The maximum Gasteiger partial charge on any atom is 0.338 e. The molecule has 2 aromatic rings. The van der Waals surface area contributed by atoms with Crippen molar-refractivity contribution >= 4 is 29.4 Å². The Labute approximate surface area is 166 Å². The molecule has 0 aromatic heterocycles. The van der Waals surface area contributed by atoms with Crippen LogP contribution >= 0.6 is 0 Å². The minimum atomic E-state index is -0.770. The number of esters is 1. The van der Waals surface area contributed by atoms with Gasteiger partial charge in [-0.2, -0.15) is 0 Å². The van der Waals surface area contributed by atoms with Crippen molar-refractivity contribution in [2.45, 2.75) is 13.8 Å². The topological polar surface area (TPSA) is 84.0 Å². The Morgan fingerprint density at radius 2 is 1.59 bits per heavy atom. The maximum absolute atomic E-state index is 13.1. The largest absolute Gasteiger partial charge is 0.452 e. The van der Waals surface area contributed by atoms with Gasteiger partial charge in [0.15, 0.2) is 6.61 Å². The quantitative estimate of drug-likeness (QED) is 0.552. The minimum Gasteiger partial charge on any atom is -0.452 e. The lowest BCUT2D eigenvalue weighted by atomic mass is 10.1. The summed E-state index contributed by atoms with van der Waals surface area (Å²) in [4.78, 5) is 52.0. The number of anilines is 1. The first kappa shape index (κ1) is 20.2. The number of rotatable bonds is 6. The summed E-state index contributed by atoms with van der Waals surface area (Å²) in [5.74, 6) is -2.76. The van der Waals surface area contributed by atoms with E-state index in [1.807, 2.05) is 13.8 Å². The Morgan fingerprint density at radius 3 is 2.21 bits per heavy atom. The van der Waals surface area contributed by atoms with Gasteiger partial charge in [-0.15, -0.1) is 0 Å². The van der Waals surface area contributed by atoms with Gasteiger partial charge in [-0.25, -0.2) is 14.1 Å². The Bertz CT molecular complexity index is 983. The molecule has 0 N–H and O–H groups in total. The molecule has 2 aromatic carbocycles. The molecule has 150 valence electrons. The highest BCUT2D eigenvalue weighted by Crippen LogP contribution is 2.29. The van der Waals surface area contributed by atoms with Crippen molar-refractivity contribution in [2.24, 2.45) is 0 Å². The molecule has 1 aliphatic rings. The van der Waals surface area contributed by atoms with Gasteiger partial charge in [0.25, 0.3) is 17.7 Å². The second kappa shape index (κ2) is 8.22. The number of likely N-dealkylation sites (N-methyl/N-ethyl adjacent to an activating group) is 1. The fourth-order valence-electron chi connectivity index (χ4n) is 3.07. The molecule has 3 rings (SSSR count). The molecule has 0 radical (unpaired) electrons. The van der Waals surface area contributed by atoms with Crippen molar-refractivity contribution in [3.8, 4) is 0 Å². The van der Waals surface area contributed by atoms with Crippen LogP contribution in [0.3, 0.4) is 0 Å². The number of fused-ring (bicyclic) bond motifs is 1.